The number of aromatic nitrogens is 5. The lowest BCUT2D eigenvalue weighted by Crippen LogP contribution is -2.35. The molecule has 2 aliphatic heterocycles. The Labute approximate surface area is 192 Å². The first-order valence-corrected chi connectivity index (χ1v) is 12.7. The number of hydrogen-bond acceptors (Lipinski definition) is 7. The number of rotatable bonds is 5. The fraction of sp³-hybridized carbons (Fsp3) is 0.500. The molecule has 2 aliphatic rings. The molecule has 5 heterocycles. The molecule has 0 saturated carbocycles. The van der Waals surface area contributed by atoms with E-state index in [1.165, 1.54) is 47.1 Å². The lowest BCUT2D eigenvalue weighted by Gasteiger charge is -2.33. The zero-order valence-corrected chi connectivity index (χ0v) is 19.4. The molecule has 1 saturated heterocycles. The summed E-state index contributed by atoms with van der Waals surface area (Å²) >= 11 is 1.86. The second-order valence-corrected chi connectivity index (χ2v) is 10.2. The summed E-state index contributed by atoms with van der Waals surface area (Å²) in [5, 5.41) is 13.7. The maximum atomic E-state index is 4.98. The van der Waals surface area contributed by atoms with Crippen LogP contribution in [-0.4, -0.2) is 56.1 Å². The Kier molecular flexibility index (Phi) is 5.27. The van der Waals surface area contributed by atoms with Gasteiger partial charge in [0.05, 0.1) is 5.39 Å². The van der Waals surface area contributed by atoms with E-state index in [1.54, 1.807) is 0 Å². The Hall–Kier alpha value is -2.58. The van der Waals surface area contributed by atoms with Gasteiger partial charge in [0.1, 0.15) is 10.6 Å². The molecule has 1 fully saturated rings. The Balaban J connectivity index is 1.31. The van der Waals surface area contributed by atoms with Crippen LogP contribution < -0.4 is 4.90 Å². The van der Waals surface area contributed by atoms with E-state index in [9.17, 15) is 0 Å². The summed E-state index contributed by atoms with van der Waals surface area (Å²) in [4.78, 5) is 12.7. The van der Waals surface area contributed by atoms with Gasteiger partial charge in [-0.25, -0.2) is 0 Å². The SMILES string of the molecule is CCCN1CCc2c(sc3c2c(N2CCC(Cc4ccccc4)CC2)nc2nnnn23)C1. The number of anilines is 1. The minimum Gasteiger partial charge on any atom is -0.356 e. The monoisotopic (exact) mass is 447 g/mol. The molecule has 0 amide bonds. The van der Waals surface area contributed by atoms with Gasteiger partial charge in [-0.15, -0.1) is 11.3 Å². The van der Waals surface area contributed by atoms with Gasteiger partial charge in [0, 0.05) is 31.1 Å². The van der Waals surface area contributed by atoms with Crippen molar-refractivity contribution in [2.75, 3.05) is 31.1 Å². The molecule has 0 aliphatic carbocycles. The highest BCUT2D eigenvalue weighted by molar-refractivity contribution is 7.19. The molecule has 8 heteroatoms. The highest BCUT2D eigenvalue weighted by Gasteiger charge is 2.29. The van der Waals surface area contributed by atoms with Crippen LogP contribution in [0.3, 0.4) is 0 Å². The van der Waals surface area contributed by atoms with Crippen LogP contribution in [0.15, 0.2) is 30.3 Å². The normalized spacial score (nSPS) is 18.0. The predicted molar refractivity (Wildman–Crippen MR) is 128 cm³/mol. The summed E-state index contributed by atoms with van der Waals surface area (Å²) in [7, 11) is 0. The molecule has 3 aromatic heterocycles. The second kappa shape index (κ2) is 8.41. The molecule has 0 atom stereocenters. The number of thiophene rings is 1. The molecule has 7 nitrogen and oxygen atoms in total. The van der Waals surface area contributed by atoms with Gasteiger partial charge in [-0.2, -0.15) is 9.50 Å². The standard InChI is InChI=1S/C24H29N7S/c1-2-11-29-12-10-19-20(16-29)32-23-21(19)22(25-24-26-27-28-31(23)24)30-13-8-18(9-14-30)15-17-6-4-3-5-7-17/h3-7,18H,2,8-16H2,1H3. The summed E-state index contributed by atoms with van der Waals surface area (Å²) < 4.78 is 1.84. The van der Waals surface area contributed by atoms with E-state index >= 15 is 0 Å². The van der Waals surface area contributed by atoms with Crippen LogP contribution >= 0.6 is 11.3 Å². The fourth-order valence-corrected chi connectivity index (χ4v) is 6.72. The molecule has 6 rings (SSSR count). The first kappa shape index (κ1) is 20.1. The van der Waals surface area contributed by atoms with Crippen LogP contribution in [0.4, 0.5) is 5.82 Å². The van der Waals surface area contributed by atoms with Crippen LogP contribution in [0.2, 0.25) is 0 Å². The maximum Gasteiger partial charge on any atom is 0.276 e. The van der Waals surface area contributed by atoms with Gasteiger partial charge in [-0.3, -0.25) is 4.90 Å². The quantitative estimate of drug-likeness (QED) is 0.461. The summed E-state index contributed by atoms with van der Waals surface area (Å²) in [6, 6.07) is 10.9. The van der Waals surface area contributed by atoms with E-state index < -0.39 is 0 Å². The van der Waals surface area contributed by atoms with Crippen molar-refractivity contribution in [2.45, 2.75) is 45.6 Å². The van der Waals surface area contributed by atoms with Crippen molar-refractivity contribution in [1.29, 1.82) is 0 Å². The van der Waals surface area contributed by atoms with Crippen LogP contribution in [0.5, 0.6) is 0 Å². The molecule has 0 unspecified atom stereocenters. The van der Waals surface area contributed by atoms with Crippen molar-refractivity contribution in [1.82, 2.24) is 29.9 Å². The zero-order chi connectivity index (χ0) is 21.5. The van der Waals surface area contributed by atoms with Gasteiger partial charge in [0.25, 0.3) is 5.78 Å². The largest absolute Gasteiger partial charge is 0.356 e. The summed E-state index contributed by atoms with van der Waals surface area (Å²) in [6.45, 7) is 7.67. The van der Waals surface area contributed by atoms with E-state index in [4.69, 9.17) is 4.98 Å². The van der Waals surface area contributed by atoms with Gasteiger partial charge in [-0.1, -0.05) is 42.4 Å². The minimum absolute atomic E-state index is 0.614. The second-order valence-electron chi connectivity index (χ2n) is 9.16. The van der Waals surface area contributed by atoms with Gasteiger partial charge < -0.3 is 4.90 Å². The van der Waals surface area contributed by atoms with Crippen molar-refractivity contribution in [3.8, 4) is 0 Å². The van der Waals surface area contributed by atoms with Crippen molar-refractivity contribution >= 4 is 33.1 Å². The summed E-state index contributed by atoms with van der Waals surface area (Å²) in [6.07, 6.45) is 5.85. The van der Waals surface area contributed by atoms with Crippen molar-refractivity contribution in [3.63, 3.8) is 0 Å². The summed E-state index contributed by atoms with van der Waals surface area (Å²) in [5.41, 5.74) is 2.93. The Bertz CT molecular complexity index is 1220. The van der Waals surface area contributed by atoms with E-state index in [0.29, 0.717) is 5.78 Å². The Morgan fingerprint density at radius 1 is 1.09 bits per heavy atom. The number of nitrogens with zero attached hydrogens (tertiary/aromatic N) is 7. The van der Waals surface area contributed by atoms with E-state index in [1.807, 2.05) is 15.9 Å². The molecule has 1 aromatic carbocycles. The molecule has 0 spiro atoms. The molecule has 32 heavy (non-hydrogen) atoms. The van der Waals surface area contributed by atoms with E-state index in [-0.39, 0.29) is 0 Å². The van der Waals surface area contributed by atoms with Crippen molar-refractivity contribution in [3.05, 3.63) is 46.3 Å². The third-order valence-electron chi connectivity index (χ3n) is 7.01. The van der Waals surface area contributed by atoms with Gasteiger partial charge in [0.15, 0.2) is 0 Å². The average molecular weight is 448 g/mol. The topological polar surface area (TPSA) is 62.5 Å². The number of fused-ring (bicyclic) bond motifs is 5. The van der Waals surface area contributed by atoms with Crippen LogP contribution in [-0.2, 0) is 19.4 Å². The van der Waals surface area contributed by atoms with Crippen molar-refractivity contribution < 1.29 is 0 Å². The molecule has 0 N–H and O–H groups in total. The van der Waals surface area contributed by atoms with Crippen molar-refractivity contribution in [2.24, 2.45) is 5.92 Å². The smallest absolute Gasteiger partial charge is 0.276 e. The van der Waals surface area contributed by atoms with Gasteiger partial charge in [0.2, 0.25) is 0 Å². The lowest BCUT2D eigenvalue weighted by molar-refractivity contribution is 0.258. The highest BCUT2D eigenvalue weighted by Crippen LogP contribution is 2.40. The number of hydrogen-bond donors (Lipinski definition) is 0. The van der Waals surface area contributed by atoms with E-state index in [2.05, 4.69) is 62.6 Å². The molecule has 0 radical (unpaired) electrons. The summed E-state index contributed by atoms with van der Waals surface area (Å²) in [5.74, 6) is 2.45. The number of benzene rings is 1. The number of tetrazole rings is 1. The Morgan fingerprint density at radius 3 is 2.75 bits per heavy atom. The third-order valence-corrected chi connectivity index (χ3v) is 8.21. The predicted octanol–water partition coefficient (Wildman–Crippen LogP) is 3.96. The van der Waals surface area contributed by atoms with Crippen LogP contribution in [0, 0.1) is 5.92 Å². The maximum absolute atomic E-state index is 4.98. The molecule has 0 bridgehead atoms. The molecular formula is C24H29N7S. The van der Waals surface area contributed by atoms with Crippen LogP contribution in [0.25, 0.3) is 16.0 Å². The molecule has 4 aromatic rings. The molecule has 166 valence electrons. The lowest BCUT2D eigenvalue weighted by atomic mass is 9.90. The number of piperidine rings is 1. The van der Waals surface area contributed by atoms with E-state index in [0.717, 1.165) is 55.7 Å². The first-order valence-electron chi connectivity index (χ1n) is 11.8. The van der Waals surface area contributed by atoms with Crippen LogP contribution in [0.1, 0.15) is 42.2 Å². The average Bonchev–Trinajstić information content (AvgIpc) is 3.44. The highest BCUT2D eigenvalue weighted by atomic mass is 32.1. The minimum atomic E-state index is 0.614. The van der Waals surface area contributed by atoms with Gasteiger partial charge >= 0.3 is 0 Å². The Morgan fingerprint density at radius 2 is 1.94 bits per heavy atom. The fourth-order valence-electron chi connectivity index (χ4n) is 5.39. The van der Waals surface area contributed by atoms with Gasteiger partial charge in [-0.05, 0) is 66.1 Å². The zero-order valence-electron chi connectivity index (χ0n) is 18.6. The first-order chi connectivity index (χ1) is 15.8. The third kappa shape index (κ3) is 3.55. The molecular weight excluding hydrogens is 418 g/mol.